The lowest BCUT2D eigenvalue weighted by Crippen LogP contribution is -2.40. The first-order chi connectivity index (χ1) is 10.2. The van der Waals surface area contributed by atoms with Crippen LogP contribution in [0.3, 0.4) is 0 Å². The molecule has 1 aliphatic rings. The maximum atomic E-state index is 6.07. The first-order valence-electron chi connectivity index (χ1n) is 8.09. The van der Waals surface area contributed by atoms with Gasteiger partial charge in [0.15, 0.2) is 0 Å². The molecule has 1 aliphatic carbocycles. The quantitative estimate of drug-likeness (QED) is 0.925. The topological polar surface area (TPSA) is 42.4 Å². The summed E-state index contributed by atoms with van der Waals surface area (Å²) in [5, 5.41) is 1.16. The van der Waals surface area contributed by atoms with Gasteiger partial charge in [-0.15, -0.1) is 0 Å². The standard InChI is InChI=1S/C18H26N2O/c1-13-6-5-8-15(10-13)20(2)16(12-19)18-11-14-7-3-4-9-17(14)21-18/h3-4,7,9,11,13,15-16H,5-6,8,10,12,19H2,1-2H3. The largest absolute Gasteiger partial charge is 0.459 e. The second kappa shape index (κ2) is 6.20. The van der Waals surface area contributed by atoms with Crippen molar-refractivity contribution in [3.8, 4) is 0 Å². The number of furan rings is 1. The van der Waals surface area contributed by atoms with Crippen molar-refractivity contribution in [3.05, 3.63) is 36.1 Å². The highest BCUT2D eigenvalue weighted by Gasteiger charge is 2.29. The summed E-state index contributed by atoms with van der Waals surface area (Å²) in [7, 11) is 2.20. The van der Waals surface area contributed by atoms with Crippen LogP contribution in [0.1, 0.15) is 44.4 Å². The van der Waals surface area contributed by atoms with Crippen molar-refractivity contribution in [1.29, 1.82) is 0 Å². The predicted octanol–water partition coefficient (Wildman–Crippen LogP) is 3.94. The van der Waals surface area contributed by atoms with E-state index in [2.05, 4.69) is 31.0 Å². The van der Waals surface area contributed by atoms with Crippen molar-refractivity contribution in [1.82, 2.24) is 4.90 Å². The summed E-state index contributed by atoms with van der Waals surface area (Å²) < 4.78 is 6.04. The third-order valence-electron chi connectivity index (χ3n) is 4.97. The second-order valence-corrected chi connectivity index (χ2v) is 6.53. The summed E-state index contributed by atoms with van der Waals surface area (Å²) in [6.45, 7) is 2.96. The number of hydrogen-bond acceptors (Lipinski definition) is 3. The second-order valence-electron chi connectivity index (χ2n) is 6.53. The molecule has 3 atom stereocenters. The van der Waals surface area contributed by atoms with Crippen LogP contribution < -0.4 is 5.73 Å². The van der Waals surface area contributed by atoms with E-state index in [-0.39, 0.29) is 6.04 Å². The van der Waals surface area contributed by atoms with Gasteiger partial charge in [0, 0.05) is 18.0 Å². The summed E-state index contributed by atoms with van der Waals surface area (Å²) in [5.41, 5.74) is 7.02. The van der Waals surface area contributed by atoms with E-state index >= 15 is 0 Å². The van der Waals surface area contributed by atoms with Gasteiger partial charge >= 0.3 is 0 Å². The molecule has 2 aromatic rings. The number of nitrogens with zero attached hydrogens (tertiary/aromatic N) is 1. The molecule has 0 saturated heterocycles. The Balaban J connectivity index is 1.83. The molecule has 0 aliphatic heterocycles. The zero-order valence-electron chi connectivity index (χ0n) is 13.1. The third-order valence-corrected chi connectivity index (χ3v) is 4.97. The van der Waals surface area contributed by atoms with E-state index in [4.69, 9.17) is 10.2 Å². The Labute approximate surface area is 127 Å². The van der Waals surface area contributed by atoms with Gasteiger partial charge in [-0.2, -0.15) is 0 Å². The normalized spacial score (nSPS) is 24.6. The lowest BCUT2D eigenvalue weighted by Gasteiger charge is -2.37. The molecule has 1 aromatic carbocycles. The molecule has 3 rings (SSSR count). The average Bonchev–Trinajstić information content (AvgIpc) is 2.91. The van der Waals surface area contributed by atoms with Crippen LogP contribution in [0.5, 0.6) is 0 Å². The van der Waals surface area contributed by atoms with Crippen molar-refractivity contribution in [2.45, 2.75) is 44.7 Å². The highest BCUT2D eigenvalue weighted by atomic mass is 16.3. The Kier molecular flexibility index (Phi) is 4.32. The SMILES string of the molecule is CC1CCCC(N(C)C(CN)c2cc3ccccc3o2)C1. The molecule has 0 radical (unpaired) electrons. The molecule has 3 heteroatoms. The molecule has 0 spiro atoms. The fraction of sp³-hybridized carbons (Fsp3) is 0.556. The molecule has 1 aromatic heterocycles. The number of likely N-dealkylation sites (N-methyl/N-ethyl adjacent to an activating group) is 1. The average molecular weight is 286 g/mol. The van der Waals surface area contributed by atoms with E-state index in [1.54, 1.807) is 0 Å². The van der Waals surface area contributed by atoms with Gasteiger partial charge in [0.1, 0.15) is 11.3 Å². The van der Waals surface area contributed by atoms with Crippen molar-refractivity contribution in [2.75, 3.05) is 13.6 Å². The van der Waals surface area contributed by atoms with Crippen LogP contribution in [0, 0.1) is 5.92 Å². The van der Waals surface area contributed by atoms with Crippen molar-refractivity contribution in [3.63, 3.8) is 0 Å². The maximum absolute atomic E-state index is 6.07. The fourth-order valence-electron chi connectivity index (χ4n) is 3.68. The van der Waals surface area contributed by atoms with Crippen LogP contribution in [0.25, 0.3) is 11.0 Å². The maximum Gasteiger partial charge on any atom is 0.134 e. The lowest BCUT2D eigenvalue weighted by atomic mass is 9.86. The van der Waals surface area contributed by atoms with Gasteiger partial charge in [0.2, 0.25) is 0 Å². The van der Waals surface area contributed by atoms with Gasteiger partial charge in [0.05, 0.1) is 6.04 Å². The molecule has 114 valence electrons. The van der Waals surface area contributed by atoms with E-state index in [0.717, 1.165) is 22.6 Å². The predicted molar refractivity (Wildman–Crippen MR) is 87.2 cm³/mol. The zero-order chi connectivity index (χ0) is 14.8. The number of rotatable bonds is 4. The smallest absolute Gasteiger partial charge is 0.134 e. The van der Waals surface area contributed by atoms with Gasteiger partial charge < -0.3 is 10.2 Å². The van der Waals surface area contributed by atoms with Crippen LogP contribution in [0.4, 0.5) is 0 Å². The minimum Gasteiger partial charge on any atom is -0.459 e. The summed E-state index contributed by atoms with van der Waals surface area (Å²) >= 11 is 0. The van der Waals surface area contributed by atoms with E-state index < -0.39 is 0 Å². The molecular formula is C18H26N2O. The molecule has 0 bridgehead atoms. The monoisotopic (exact) mass is 286 g/mol. The van der Waals surface area contributed by atoms with Crippen molar-refractivity contribution >= 4 is 11.0 Å². The van der Waals surface area contributed by atoms with Gasteiger partial charge in [-0.1, -0.05) is 38.0 Å². The molecule has 0 amide bonds. The van der Waals surface area contributed by atoms with Crippen molar-refractivity contribution in [2.24, 2.45) is 11.7 Å². The summed E-state index contributed by atoms with van der Waals surface area (Å²) in [6, 6.07) is 11.1. The first kappa shape index (κ1) is 14.6. The molecule has 1 saturated carbocycles. The van der Waals surface area contributed by atoms with Crippen molar-refractivity contribution < 1.29 is 4.42 Å². The minimum absolute atomic E-state index is 0.174. The van der Waals surface area contributed by atoms with Crippen LogP contribution in [0.15, 0.2) is 34.7 Å². The molecule has 21 heavy (non-hydrogen) atoms. The molecular weight excluding hydrogens is 260 g/mol. The van der Waals surface area contributed by atoms with Crippen LogP contribution in [-0.2, 0) is 0 Å². The number of hydrogen-bond donors (Lipinski definition) is 1. The van der Waals surface area contributed by atoms with Crippen LogP contribution in [-0.4, -0.2) is 24.5 Å². The number of nitrogens with two attached hydrogens (primary N) is 1. The molecule has 1 heterocycles. The molecule has 2 N–H and O–H groups in total. The van der Waals surface area contributed by atoms with Gasteiger partial charge in [-0.05, 0) is 37.9 Å². The molecule has 3 unspecified atom stereocenters. The van der Waals surface area contributed by atoms with Crippen LogP contribution >= 0.6 is 0 Å². The minimum atomic E-state index is 0.174. The zero-order valence-corrected chi connectivity index (χ0v) is 13.1. The number of benzene rings is 1. The van der Waals surface area contributed by atoms with Gasteiger partial charge in [-0.25, -0.2) is 0 Å². The van der Waals surface area contributed by atoms with E-state index in [9.17, 15) is 0 Å². The third kappa shape index (κ3) is 2.99. The molecule has 3 nitrogen and oxygen atoms in total. The summed E-state index contributed by atoms with van der Waals surface area (Å²) in [5.74, 6) is 1.82. The highest BCUT2D eigenvalue weighted by molar-refractivity contribution is 5.77. The van der Waals surface area contributed by atoms with Gasteiger partial charge in [0.25, 0.3) is 0 Å². The molecule has 1 fully saturated rings. The van der Waals surface area contributed by atoms with E-state index in [1.165, 1.54) is 25.7 Å². The summed E-state index contributed by atoms with van der Waals surface area (Å²) in [6.07, 6.45) is 5.24. The van der Waals surface area contributed by atoms with E-state index in [0.29, 0.717) is 12.6 Å². The fourth-order valence-corrected chi connectivity index (χ4v) is 3.68. The van der Waals surface area contributed by atoms with Gasteiger partial charge in [-0.3, -0.25) is 4.90 Å². The first-order valence-corrected chi connectivity index (χ1v) is 8.09. The van der Waals surface area contributed by atoms with E-state index in [1.807, 2.05) is 18.2 Å². The van der Waals surface area contributed by atoms with Crippen LogP contribution in [0.2, 0.25) is 0 Å². The Morgan fingerprint density at radius 3 is 2.86 bits per heavy atom. The Morgan fingerprint density at radius 2 is 2.14 bits per heavy atom. The number of para-hydroxylation sites is 1. The Hall–Kier alpha value is -1.32. The number of fused-ring (bicyclic) bond motifs is 1. The Morgan fingerprint density at radius 1 is 1.33 bits per heavy atom. The Bertz CT molecular complexity index is 559. The lowest BCUT2D eigenvalue weighted by molar-refractivity contribution is 0.110. The highest BCUT2D eigenvalue weighted by Crippen LogP contribution is 2.33. The summed E-state index contributed by atoms with van der Waals surface area (Å²) in [4.78, 5) is 2.44.